The largest absolute Gasteiger partial charge is 0.373 e. The molecule has 0 spiro atoms. The van der Waals surface area contributed by atoms with Gasteiger partial charge >= 0.3 is 0 Å². The lowest BCUT2D eigenvalue weighted by atomic mass is 10.1. The number of nitrogens with zero attached hydrogens (tertiary/aromatic N) is 1. The molecule has 2 rings (SSSR count). The summed E-state index contributed by atoms with van der Waals surface area (Å²) in [6, 6.07) is 5.14. The van der Waals surface area contributed by atoms with Crippen molar-refractivity contribution in [2.24, 2.45) is 0 Å². The van der Waals surface area contributed by atoms with Gasteiger partial charge in [0.15, 0.2) is 0 Å². The van der Waals surface area contributed by atoms with E-state index in [-0.39, 0.29) is 5.82 Å². The van der Waals surface area contributed by atoms with Crippen LogP contribution in [0.1, 0.15) is 18.4 Å². The van der Waals surface area contributed by atoms with Crippen LogP contribution in [0.15, 0.2) is 22.7 Å². The topological polar surface area (TPSA) is 12.5 Å². The predicted octanol–water partition coefficient (Wildman–Crippen LogP) is 3.20. The van der Waals surface area contributed by atoms with E-state index in [0.29, 0.717) is 17.2 Å². The number of rotatable bonds is 3. The second-order valence-electron chi connectivity index (χ2n) is 4.56. The number of halogens is 2. The minimum Gasteiger partial charge on any atom is -0.373 e. The Labute approximate surface area is 110 Å². The molecule has 0 unspecified atom stereocenters. The highest BCUT2D eigenvalue weighted by Crippen LogP contribution is 2.19. The molecule has 0 bridgehead atoms. The maximum absolute atomic E-state index is 13.3. The van der Waals surface area contributed by atoms with Gasteiger partial charge in [-0.2, -0.15) is 0 Å². The summed E-state index contributed by atoms with van der Waals surface area (Å²) >= 11 is 3.14. The van der Waals surface area contributed by atoms with Crippen LogP contribution in [-0.2, 0) is 11.3 Å². The number of piperidine rings is 1. The van der Waals surface area contributed by atoms with Crippen molar-refractivity contribution in [1.82, 2.24) is 4.90 Å². The third kappa shape index (κ3) is 3.76. The molecule has 17 heavy (non-hydrogen) atoms. The van der Waals surface area contributed by atoms with Crippen molar-refractivity contribution >= 4 is 15.9 Å². The van der Waals surface area contributed by atoms with Gasteiger partial charge in [-0.25, -0.2) is 4.39 Å². The average molecular weight is 302 g/mol. The van der Waals surface area contributed by atoms with Gasteiger partial charge < -0.3 is 9.64 Å². The fourth-order valence-corrected chi connectivity index (χ4v) is 2.24. The molecule has 4 heteroatoms. The highest BCUT2D eigenvalue weighted by atomic mass is 79.9. The van der Waals surface area contributed by atoms with Gasteiger partial charge in [-0.1, -0.05) is 6.07 Å². The molecule has 0 amide bonds. The Bertz CT molecular complexity index is 378. The first-order chi connectivity index (χ1) is 8.15. The zero-order chi connectivity index (χ0) is 12.3. The van der Waals surface area contributed by atoms with Crippen molar-refractivity contribution in [1.29, 1.82) is 0 Å². The molecule has 0 aromatic heterocycles. The standard InChI is InChI=1S/C13H17BrFNO/c1-16-6-4-11(5-7-16)17-9-10-2-3-12(14)13(15)8-10/h2-3,8,11H,4-7,9H2,1H3. The van der Waals surface area contributed by atoms with E-state index in [1.54, 1.807) is 6.07 Å². The first kappa shape index (κ1) is 13.0. The van der Waals surface area contributed by atoms with Gasteiger partial charge in [-0.15, -0.1) is 0 Å². The molecule has 0 radical (unpaired) electrons. The van der Waals surface area contributed by atoms with Crippen molar-refractivity contribution in [3.8, 4) is 0 Å². The SMILES string of the molecule is CN1CCC(OCc2ccc(Br)c(F)c2)CC1. The van der Waals surface area contributed by atoms with Gasteiger partial charge in [-0.3, -0.25) is 0 Å². The minimum absolute atomic E-state index is 0.227. The quantitative estimate of drug-likeness (QED) is 0.850. The molecule has 1 aliphatic rings. The van der Waals surface area contributed by atoms with Gasteiger partial charge in [0.05, 0.1) is 17.2 Å². The molecule has 1 saturated heterocycles. The van der Waals surface area contributed by atoms with Gasteiger partial charge in [0, 0.05) is 13.1 Å². The van der Waals surface area contributed by atoms with Crippen LogP contribution in [0.2, 0.25) is 0 Å². The van der Waals surface area contributed by atoms with Crippen LogP contribution in [-0.4, -0.2) is 31.1 Å². The van der Waals surface area contributed by atoms with Crippen LogP contribution >= 0.6 is 15.9 Å². The monoisotopic (exact) mass is 301 g/mol. The molecule has 0 atom stereocenters. The van der Waals surface area contributed by atoms with Crippen LogP contribution in [0.5, 0.6) is 0 Å². The molecule has 1 aromatic rings. The van der Waals surface area contributed by atoms with Crippen LogP contribution in [0.4, 0.5) is 4.39 Å². The van der Waals surface area contributed by atoms with E-state index in [2.05, 4.69) is 27.9 Å². The fraction of sp³-hybridized carbons (Fsp3) is 0.538. The number of ether oxygens (including phenoxy) is 1. The van der Waals surface area contributed by atoms with Crippen LogP contribution in [0, 0.1) is 5.82 Å². The van der Waals surface area contributed by atoms with Gasteiger partial charge in [0.25, 0.3) is 0 Å². The van der Waals surface area contributed by atoms with Gasteiger partial charge in [-0.05, 0) is 53.5 Å². The molecule has 2 nitrogen and oxygen atoms in total. The van der Waals surface area contributed by atoms with E-state index < -0.39 is 0 Å². The average Bonchev–Trinajstić information content (AvgIpc) is 2.33. The zero-order valence-corrected chi connectivity index (χ0v) is 11.5. The summed E-state index contributed by atoms with van der Waals surface area (Å²) in [6.07, 6.45) is 2.45. The second kappa shape index (κ2) is 5.94. The fourth-order valence-electron chi connectivity index (χ4n) is 2.00. The molecular formula is C13H17BrFNO. The Hall–Kier alpha value is -0.450. The van der Waals surface area contributed by atoms with E-state index in [1.807, 2.05) is 6.07 Å². The second-order valence-corrected chi connectivity index (χ2v) is 5.42. The number of hydrogen-bond acceptors (Lipinski definition) is 2. The Balaban J connectivity index is 1.83. The first-order valence-corrected chi connectivity index (χ1v) is 6.68. The molecule has 94 valence electrons. The summed E-state index contributed by atoms with van der Waals surface area (Å²) < 4.78 is 19.6. The third-order valence-corrected chi connectivity index (χ3v) is 3.78. The van der Waals surface area contributed by atoms with E-state index in [4.69, 9.17) is 4.74 Å². The molecule has 1 aromatic carbocycles. The van der Waals surface area contributed by atoms with Crippen molar-refractivity contribution in [3.05, 3.63) is 34.1 Å². The summed E-state index contributed by atoms with van der Waals surface area (Å²) in [4.78, 5) is 2.30. The Morgan fingerprint density at radius 2 is 2.12 bits per heavy atom. The van der Waals surface area contributed by atoms with Crippen LogP contribution < -0.4 is 0 Å². The van der Waals surface area contributed by atoms with E-state index in [1.165, 1.54) is 6.07 Å². The lowest BCUT2D eigenvalue weighted by Gasteiger charge is -2.28. The molecule has 1 aliphatic heterocycles. The smallest absolute Gasteiger partial charge is 0.137 e. The van der Waals surface area contributed by atoms with Crippen LogP contribution in [0.25, 0.3) is 0 Å². The van der Waals surface area contributed by atoms with E-state index in [9.17, 15) is 4.39 Å². The summed E-state index contributed by atoms with van der Waals surface area (Å²) in [5.41, 5.74) is 0.893. The zero-order valence-electron chi connectivity index (χ0n) is 9.96. The highest BCUT2D eigenvalue weighted by Gasteiger charge is 2.16. The summed E-state index contributed by atoms with van der Waals surface area (Å²) in [5, 5.41) is 0. The number of benzene rings is 1. The van der Waals surface area contributed by atoms with Crippen molar-refractivity contribution in [3.63, 3.8) is 0 Å². The maximum atomic E-state index is 13.3. The normalized spacial score (nSPS) is 18.5. The maximum Gasteiger partial charge on any atom is 0.137 e. The lowest BCUT2D eigenvalue weighted by Crippen LogP contribution is -2.34. The van der Waals surface area contributed by atoms with Crippen molar-refractivity contribution in [2.75, 3.05) is 20.1 Å². The van der Waals surface area contributed by atoms with Gasteiger partial charge in [0.1, 0.15) is 5.82 Å². The summed E-state index contributed by atoms with van der Waals surface area (Å²) in [7, 11) is 2.13. The van der Waals surface area contributed by atoms with Crippen LogP contribution in [0.3, 0.4) is 0 Å². The number of likely N-dealkylation sites (tertiary alicyclic amines) is 1. The molecule has 0 saturated carbocycles. The highest BCUT2D eigenvalue weighted by molar-refractivity contribution is 9.10. The minimum atomic E-state index is -0.227. The molecule has 1 fully saturated rings. The summed E-state index contributed by atoms with van der Waals surface area (Å²) in [5.74, 6) is -0.227. The molecule has 1 heterocycles. The molecule has 0 aliphatic carbocycles. The molecular weight excluding hydrogens is 285 g/mol. The Kier molecular flexibility index (Phi) is 4.54. The predicted molar refractivity (Wildman–Crippen MR) is 69.4 cm³/mol. The lowest BCUT2D eigenvalue weighted by molar-refractivity contribution is 0.00204. The summed E-state index contributed by atoms with van der Waals surface area (Å²) in [6.45, 7) is 2.66. The first-order valence-electron chi connectivity index (χ1n) is 5.89. The third-order valence-electron chi connectivity index (χ3n) is 3.14. The number of hydrogen-bond donors (Lipinski definition) is 0. The van der Waals surface area contributed by atoms with E-state index in [0.717, 1.165) is 31.5 Å². The van der Waals surface area contributed by atoms with Crippen molar-refractivity contribution < 1.29 is 9.13 Å². The van der Waals surface area contributed by atoms with Crippen molar-refractivity contribution in [2.45, 2.75) is 25.6 Å². The Morgan fingerprint density at radius 1 is 1.41 bits per heavy atom. The van der Waals surface area contributed by atoms with Gasteiger partial charge in [0.2, 0.25) is 0 Å². The van der Waals surface area contributed by atoms with E-state index >= 15 is 0 Å². The molecule has 0 N–H and O–H groups in total. The Morgan fingerprint density at radius 3 is 2.76 bits per heavy atom.